The van der Waals surface area contributed by atoms with Crippen LogP contribution in [0.1, 0.15) is 18.1 Å². The van der Waals surface area contributed by atoms with Gasteiger partial charge in [-0.15, -0.1) is 0 Å². The Hall–Kier alpha value is -1.32. The van der Waals surface area contributed by atoms with Crippen molar-refractivity contribution >= 4 is 15.9 Å². The second-order valence-corrected chi connectivity index (χ2v) is 5.20. The molecule has 0 fully saturated rings. The largest absolute Gasteiger partial charge is 0.457 e. The van der Waals surface area contributed by atoms with E-state index in [1.807, 2.05) is 37.4 Å². The van der Waals surface area contributed by atoms with Gasteiger partial charge in [-0.2, -0.15) is 0 Å². The summed E-state index contributed by atoms with van der Waals surface area (Å²) >= 11 is 3.58. The minimum Gasteiger partial charge on any atom is -0.457 e. The van der Waals surface area contributed by atoms with E-state index in [1.54, 1.807) is 0 Å². The number of nitrogens with one attached hydrogen (secondary N) is 1. The number of ether oxygens (including phenoxy) is 1. The van der Waals surface area contributed by atoms with E-state index in [0.717, 1.165) is 28.9 Å². The summed E-state index contributed by atoms with van der Waals surface area (Å²) in [4.78, 5) is 0. The van der Waals surface area contributed by atoms with Crippen molar-refractivity contribution in [1.29, 1.82) is 0 Å². The average Bonchev–Trinajstić information content (AvgIpc) is 2.43. The van der Waals surface area contributed by atoms with Crippen molar-refractivity contribution in [3.8, 4) is 11.5 Å². The molecule has 2 aromatic carbocycles. The number of benzene rings is 2. The zero-order chi connectivity index (χ0) is 13.7. The first-order valence-corrected chi connectivity index (χ1v) is 7.22. The van der Waals surface area contributed by atoms with Crippen LogP contribution in [0.3, 0.4) is 0 Å². The summed E-state index contributed by atoms with van der Waals surface area (Å²) in [5.74, 6) is 1.78. The molecule has 0 bridgehead atoms. The predicted molar refractivity (Wildman–Crippen MR) is 82.8 cm³/mol. The molecule has 0 amide bonds. The molecule has 19 heavy (non-hydrogen) atoms. The standard InChI is InChI=1S/C16H18BrNO/c1-3-12-6-4-5-7-16(12)19-14-9-8-13(11-18-2)15(17)10-14/h4-10,18H,3,11H2,1-2H3. The molecule has 0 aliphatic carbocycles. The molecule has 0 saturated heterocycles. The van der Waals surface area contributed by atoms with Gasteiger partial charge in [0.05, 0.1) is 0 Å². The molecule has 0 atom stereocenters. The Kier molecular flexibility index (Phi) is 5.00. The minimum atomic E-state index is 0.840. The highest BCUT2D eigenvalue weighted by Crippen LogP contribution is 2.29. The number of halogens is 1. The third-order valence-electron chi connectivity index (χ3n) is 2.97. The van der Waals surface area contributed by atoms with E-state index in [0.29, 0.717) is 0 Å². The second kappa shape index (κ2) is 6.73. The van der Waals surface area contributed by atoms with Gasteiger partial charge in [0.2, 0.25) is 0 Å². The van der Waals surface area contributed by atoms with Gasteiger partial charge in [-0.25, -0.2) is 0 Å². The van der Waals surface area contributed by atoms with E-state index in [2.05, 4.69) is 40.3 Å². The molecule has 3 heteroatoms. The van der Waals surface area contributed by atoms with Crippen molar-refractivity contribution in [3.63, 3.8) is 0 Å². The van der Waals surface area contributed by atoms with E-state index < -0.39 is 0 Å². The summed E-state index contributed by atoms with van der Waals surface area (Å²) in [5.41, 5.74) is 2.44. The highest BCUT2D eigenvalue weighted by molar-refractivity contribution is 9.10. The Morgan fingerprint density at radius 2 is 1.89 bits per heavy atom. The predicted octanol–water partition coefficient (Wildman–Crippen LogP) is 4.52. The van der Waals surface area contributed by atoms with Gasteiger partial charge in [0.1, 0.15) is 11.5 Å². The molecule has 0 aliphatic rings. The molecule has 0 unspecified atom stereocenters. The first kappa shape index (κ1) is 14.1. The van der Waals surface area contributed by atoms with Crippen LogP contribution in [0.25, 0.3) is 0 Å². The third kappa shape index (κ3) is 3.58. The van der Waals surface area contributed by atoms with Gasteiger partial charge in [0.25, 0.3) is 0 Å². The Labute approximate surface area is 122 Å². The molecule has 0 heterocycles. The van der Waals surface area contributed by atoms with Crippen LogP contribution in [0.2, 0.25) is 0 Å². The lowest BCUT2D eigenvalue weighted by atomic mass is 10.1. The first-order chi connectivity index (χ1) is 9.24. The van der Waals surface area contributed by atoms with Gasteiger partial charge in [-0.05, 0) is 42.8 Å². The van der Waals surface area contributed by atoms with E-state index in [-0.39, 0.29) is 0 Å². The van der Waals surface area contributed by atoms with Gasteiger partial charge >= 0.3 is 0 Å². The fourth-order valence-electron chi connectivity index (χ4n) is 1.95. The summed E-state index contributed by atoms with van der Waals surface area (Å²) < 4.78 is 7.03. The summed E-state index contributed by atoms with van der Waals surface area (Å²) in [5, 5.41) is 3.14. The third-order valence-corrected chi connectivity index (χ3v) is 3.71. The number of hydrogen-bond acceptors (Lipinski definition) is 2. The van der Waals surface area contributed by atoms with Gasteiger partial charge in [-0.3, -0.25) is 0 Å². The molecule has 100 valence electrons. The lowest BCUT2D eigenvalue weighted by Gasteiger charge is -2.11. The van der Waals surface area contributed by atoms with Crippen molar-refractivity contribution in [1.82, 2.24) is 5.32 Å². The fraction of sp³-hybridized carbons (Fsp3) is 0.250. The van der Waals surface area contributed by atoms with Crippen LogP contribution < -0.4 is 10.1 Å². The average molecular weight is 320 g/mol. The van der Waals surface area contributed by atoms with Crippen molar-refractivity contribution in [2.45, 2.75) is 19.9 Å². The van der Waals surface area contributed by atoms with Gasteiger partial charge in [-0.1, -0.05) is 47.1 Å². The van der Waals surface area contributed by atoms with Crippen LogP contribution >= 0.6 is 15.9 Å². The molecular formula is C16H18BrNO. The van der Waals surface area contributed by atoms with Gasteiger partial charge in [0, 0.05) is 11.0 Å². The molecule has 0 radical (unpaired) electrons. The van der Waals surface area contributed by atoms with Gasteiger partial charge < -0.3 is 10.1 Å². The zero-order valence-corrected chi connectivity index (χ0v) is 12.8. The Balaban J connectivity index is 2.21. The topological polar surface area (TPSA) is 21.3 Å². The molecule has 0 aliphatic heterocycles. The van der Waals surface area contributed by atoms with E-state index >= 15 is 0 Å². The summed E-state index contributed by atoms with van der Waals surface area (Å²) in [7, 11) is 1.94. The molecular weight excluding hydrogens is 302 g/mol. The monoisotopic (exact) mass is 319 g/mol. The van der Waals surface area contributed by atoms with Gasteiger partial charge in [0.15, 0.2) is 0 Å². The Morgan fingerprint density at radius 3 is 2.58 bits per heavy atom. The SMILES string of the molecule is CCc1ccccc1Oc1ccc(CNC)c(Br)c1. The first-order valence-electron chi connectivity index (χ1n) is 6.43. The van der Waals surface area contributed by atoms with Crippen LogP contribution in [-0.2, 0) is 13.0 Å². The second-order valence-electron chi connectivity index (χ2n) is 4.35. The summed E-state index contributed by atoms with van der Waals surface area (Å²) in [6.45, 7) is 2.97. The highest BCUT2D eigenvalue weighted by Gasteiger charge is 2.05. The Bertz CT molecular complexity index is 554. The van der Waals surface area contributed by atoms with Crippen LogP contribution in [-0.4, -0.2) is 7.05 Å². The molecule has 1 N–H and O–H groups in total. The van der Waals surface area contributed by atoms with E-state index in [9.17, 15) is 0 Å². The van der Waals surface area contributed by atoms with E-state index in [1.165, 1.54) is 11.1 Å². The smallest absolute Gasteiger partial charge is 0.130 e. The van der Waals surface area contributed by atoms with Crippen LogP contribution in [0, 0.1) is 0 Å². The zero-order valence-electron chi connectivity index (χ0n) is 11.2. The van der Waals surface area contributed by atoms with Crippen LogP contribution in [0.4, 0.5) is 0 Å². The number of rotatable bonds is 5. The fourth-order valence-corrected chi connectivity index (χ4v) is 2.45. The highest BCUT2D eigenvalue weighted by atomic mass is 79.9. The van der Waals surface area contributed by atoms with Crippen molar-refractivity contribution < 1.29 is 4.74 Å². The molecule has 0 saturated carbocycles. The molecule has 2 rings (SSSR count). The van der Waals surface area contributed by atoms with E-state index in [4.69, 9.17) is 4.74 Å². The van der Waals surface area contributed by atoms with Crippen molar-refractivity contribution in [2.24, 2.45) is 0 Å². The molecule has 0 spiro atoms. The lowest BCUT2D eigenvalue weighted by molar-refractivity contribution is 0.476. The molecule has 2 nitrogen and oxygen atoms in total. The van der Waals surface area contributed by atoms with Crippen LogP contribution in [0.5, 0.6) is 11.5 Å². The minimum absolute atomic E-state index is 0.840. The van der Waals surface area contributed by atoms with Crippen LogP contribution in [0.15, 0.2) is 46.9 Å². The normalized spacial score (nSPS) is 10.5. The molecule has 2 aromatic rings. The number of para-hydroxylation sites is 1. The quantitative estimate of drug-likeness (QED) is 0.874. The summed E-state index contributed by atoms with van der Waals surface area (Å²) in [6, 6.07) is 14.2. The maximum atomic E-state index is 5.96. The van der Waals surface area contributed by atoms with Crippen molar-refractivity contribution in [2.75, 3.05) is 7.05 Å². The molecule has 0 aromatic heterocycles. The lowest BCUT2D eigenvalue weighted by Crippen LogP contribution is -2.05. The summed E-state index contributed by atoms with van der Waals surface area (Å²) in [6.07, 6.45) is 0.967. The number of hydrogen-bond donors (Lipinski definition) is 1. The van der Waals surface area contributed by atoms with Crippen molar-refractivity contribution in [3.05, 3.63) is 58.1 Å². The maximum absolute atomic E-state index is 5.96. The maximum Gasteiger partial charge on any atom is 0.130 e. The number of aryl methyl sites for hydroxylation is 1. The Morgan fingerprint density at radius 1 is 1.11 bits per heavy atom.